The van der Waals surface area contributed by atoms with Crippen molar-refractivity contribution >= 4 is 15.9 Å². The summed E-state index contributed by atoms with van der Waals surface area (Å²) in [4.78, 5) is 12.3. The molecule has 138 valence electrons. The van der Waals surface area contributed by atoms with E-state index in [0.29, 0.717) is 12.5 Å². The fourth-order valence-corrected chi connectivity index (χ4v) is 4.83. The standard InChI is InChI=1S/C20H24N2O3S/c1-15(2)16-8-10-18(11-9-16)26(24,25)22-13-12-21-20(23)14-19(22)17-6-4-3-5-7-17/h3-11,15,19H,12-14H2,1-2H3,(H,21,23). The van der Waals surface area contributed by atoms with Crippen molar-refractivity contribution in [1.82, 2.24) is 9.62 Å². The zero-order valence-corrected chi connectivity index (χ0v) is 15.9. The maximum atomic E-state index is 13.3. The van der Waals surface area contributed by atoms with Crippen LogP contribution < -0.4 is 5.32 Å². The van der Waals surface area contributed by atoms with Crippen LogP contribution >= 0.6 is 0 Å². The van der Waals surface area contributed by atoms with Crippen LogP contribution in [0.3, 0.4) is 0 Å². The van der Waals surface area contributed by atoms with E-state index in [1.165, 1.54) is 4.31 Å². The first-order valence-corrected chi connectivity index (χ1v) is 10.3. The zero-order valence-electron chi connectivity index (χ0n) is 15.1. The molecule has 0 bridgehead atoms. The summed E-state index contributed by atoms with van der Waals surface area (Å²) in [7, 11) is -3.71. The number of carbonyl (C=O) groups excluding carboxylic acids is 1. The summed E-state index contributed by atoms with van der Waals surface area (Å²) in [6.45, 7) is 4.70. The van der Waals surface area contributed by atoms with Gasteiger partial charge in [0.05, 0.1) is 10.9 Å². The van der Waals surface area contributed by atoms with Crippen LogP contribution in [0.5, 0.6) is 0 Å². The number of rotatable bonds is 4. The molecule has 1 atom stereocenters. The summed E-state index contributed by atoms with van der Waals surface area (Å²) in [6.07, 6.45) is 0.118. The van der Waals surface area contributed by atoms with Gasteiger partial charge >= 0.3 is 0 Å². The molecule has 2 aromatic rings. The summed E-state index contributed by atoms with van der Waals surface area (Å²) in [5.74, 6) is 0.204. The van der Waals surface area contributed by atoms with E-state index < -0.39 is 16.1 Å². The average Bonchev–Trinajstić information content (AvgIpc) is 2.84. The predicted octanol–water partition coefficient (Wildman–Crippen LogP) is 3.06. The molecule has 1 fully saturated rings. The Bertz CT molecular complexity index is 862. The molecule has 1 unspecified atom stereocenters. The van der Waals surface area contributed by atoms with Crippen LogP contribution in [0.1, 0.15) is 43.4 Å². The minimum Gasteiger partial charge on any atom is -0.355 e. The number of hydrogen-bond donors (Lipinski definition) is 1. The van der Waals surface area contributed by atoms with Crippen molar-refractivity contribution in [2.75, 3.05) is 13.1 Å². The molecule has 1 N–H and O–H groups in total. The highest BCUT2D eigenvalue weighted by molar-refractivity contribution is 7.89. The van der Waals surface area contributed by atoms with Crippen LogP contribution in [0.25, 0.3) is 0 Å². The van der Waals surface area contributed by atoms with Crippen molar-refractivity contribution in [1.29, 1.82) is 0 Å². The number of nitrogens with zero attached hydrogens (tertiary/aromatic N) is 1. The molecule has 1 amide bonds. The van der Waals surface area contributed by atoms with Gasteiger partial charge in [-0.05, 0) is 29.2 Å². The first-order valence-electron chi connectivity index (χ1n) is 8.83. The molecule has 1 saturated heterocycles. The van der Waals surface area contributed by atoms with Crippen molar-refractivity contribution in [3.05, 3.63) is 65.7 Å². The van der Waals surface area contributed by atoms with Gasteiger partial charge in [0, 0.05) is 19.5 Å². The molecule has 0 saturated carbocycles. The Morgan fingerprint density at radius 3 is 2.31 bits per heavy atom. The highest BCUT2D eigenvalue weighted by Crippen LogP contribution is 2.31. The summed E-state index contributed by atoms with van der Waals surface area (Å²) in [5, 5.41) is 2.78. The van der Waals surface area contributed by atoms with Crippen LogP contribution in [-0.2, 0) is 14.8 Å². The summed E-state index contributed by atoms with van der Waals surface area (Å²) in [6, 6.07) is 15.9. The highest BCUT2D eigenvalue weighted by Gasteiger charge is 2.35. The molecular formula is C20H24N2O3S. The number of benzene rings is 2. The van der Waals surface area contributed by atoms with E-state index in [4.69, 9.17) is 0 Å². The van der Waals surface area contributed by atoms with Gasteiger partial charge in [0.1, 0.15) is 0 Å². The lowest BCUT2D eigenvalue weighted by Crippen LogP contribution is -2.36. The Balaban J connectivity index is 2.00. The van der Waals surface area contributed by atoms with Crippen molar-refractivity contribution < 1.29 is 13.2 Å². The first-order chi connectivity index (χ1) is 12.4. The molecule has 0 spiro atoms. The number of nitrogens with one attached hydrogen (secondary N) is 1. The number of hydrogen-bond acceptors (Lipinski definition) is 3. The van der Waals surface area contributed by atoms with E-state index in [-0.39, 0.29) is 23.8 Å². The Morgan fingerprint density at radius 2 is 1.69 bits per heavy atom. The van der Waals surface area contributed by atoms with E-state index >= 15 is 0 Å². The molecule has 5 nitrogen and oxygen atoms in total. The third kappa shape index (κ3) is 3.81. The molecule has 1 aliphatic rings. The second kappa shape index (κ2) is 7.60. The lowest BCUT2D eigenvalue weighted by Gasteiger charge is -2.28. The normalized spacial score (nSPS) is 19.2. The van der Waals surface area contributed by atoms with Gasteiger partial charge < -0.3 is 5.32 Å². The lowest BCUT2D eigenvalue weighted by molar-refractivity contribution is -0.121. The van der Waals surface area contributed by atoms with Crippen molar-refractivity contribution in [3.63, 3.8) is 0 Å². The van der Waals surface area contributed by atoms with Gasteiger partial charge in [0.2, 0.25) is 15.9 Å². The van der Waals surface area contributed by atoms with Gasteiger partial charge in [-0.1, -0.05) is 56.3 Å². The minimum absolute atomic E-state index is 0.118. The maximum Gasteiger partial charge on any atom is 0.243 e. The number of carbonyl (C=O) groups is 1. The van der Waals surface area contributed by atoms with Gasteiger partial charge in [-0.3, -0.25) is 4.79 Å². The van der Waals surface area contributed by atoms with Gasteiger partial charge in [-0.25, -0.2) is 8.42 Å². The largest absolute Gasteiger partial charge is 0.355 e. The summed E-state index contributed by atoms with van der Waals surface area (Å²) < 4.78 is 28.0. The van der Waals surface area contributed by atoms with E-state index in [1.54, 1.807) is 12.1 Å². The first kappa shape index (κ1) is 18.6. The monoisotopic (exact) mass is 372 g/mol. The average molecular weight is 372 g/mol. The molecule has 0 aliphatic carbocycles. The van der Waals surface area contributed by atoms with E-state index in [9.17, 15) is 13.2 Å². The van der Waals surface area contributed by atoms with Crippen LogP contribution in [-0.4, -0.2) is 31.7 Å². The fraction of sp³-hybridized carbons (Fsp3) is 0.350. The summed E-state index contributed by atoms with van der Waals surface area (Å²) in [5.41, 5.74) is 1.92. The smallest absolute Gasteiger partial charge is 0.243 e. The van der Waals surface area contributed by atoms with E-state index in [0.717, 1.165) is 11.1 Å². The van der Waals surface area contributed by atoms with Crippen LogP contribution in [0.15, 0.2) is 59.5 Å². The second-order valence-corrected chi connectivity index (χ2v) is 8.71. The molecule has 6 heteroatoms. The Hall–Kier alpha value is -2.18. The third-order valence-electron chi connectivity index (χ3n) is 4.72. The molecule has 1 aliphatic heterocycles. The van der Waals surface area contributed by atoms with Crippen LogP contribution in [0.2, 0.25) is 0 Å². The highest BCUT2D eigenvalue weighted by atomic mass is 32.2. The molecule has 26 heavy (non-hydrogen) atoms. The van der Waals surface area contributed by atoms with E-state index in [2.05, 4.69) is 19.2 Å². The van der Waals surface area contributed by atoms with Gasteiger partial charge in [0.25, 0.3) is 0 Å². The molecule has 1 heterocycles. The molecular weight excluding hydrogens is 348 g/mol. The Labute approximate surface area is 155 Å². The van der Waals surface area contributed by atoms with Crippen LogP contribution in [0, 0.1) is 0 Å². The van der Waals surface area contributed by atoms with Gasteiger partial charge in [-0.15, -0.1) is 0 Å². The summed E-state index contributed by atoms with van der Waals surface area (Å²) >= 11 is 0. The van der Waals surface area contributed by atoms with Gasteiger partial charge in [-0.2, -0.15) is 4.31 Å². The lowest BCUT2D eigenvalue weighted by atomic mass is 10.0. The van der Waals surface area contributed by atoms with Crippen molar-refractivity contribution in [2.24, 2.45) is 0 Å². The molecule has 2 aromatic carbocycles. The molecule has 0 aromatic heterocycles. The fourth-order valence-electron chi connectivity index (χ4n) is 3.22. The Morgan fingerprint density at radius 1 is 1.04 bits per heavy atom. The maximum absolute atomic E-state index is 13.3. The van der Waals surface area contributed by atoms with E-state index in [1.807, 2.05) is 42.5 Å². The van der Waals surface area contributed by atoms with Crippen molar-refractivity contribution in [3.8, 4) is 0 Å². The zero-order chi connectivity index (χ0) is 18.7. The number of sulfonamides is 1. The van der Waals surface area contributed by atoms with Crippen molar-refractivity contribution in [2.45, 2.75) is 37.1 Å². The van der Waals surface area contributed by atoms with Crippen LogP contribution in [0.4, 0.5) is 0 Å². The van der Waals surface area contributed by atoms with Gasteiger partial charge in [0.15, 0.2) is 0 Å². The quantitative estimate of drug-likeness (QED) is 0.897. The molecule has 3 rings (SSSR count). The SMILES string of the molecule is CC(C)c1ccc(S(=O)(=O)N2CCNC(=O)CC2c2ccccc2)cc1. The topological polar surface area (TPSA) is 66.5 Å². The number of amides is 1. The second-order valence-electron chi connectivity index (χ2n) is 6.82. The minimum atomic E-state index is -3.71. The molecule has 0 radical (unpaired) electrons. The Kier molecular flexibility index (Phi) is 5.44. The third-order valence-corrected chi connectivity index (χ3v) is 6.64. The predicted molar refractivity (Wildman–Crippen MR) is 101 cm³/mol.